The van der Waals surface area contributed by atoms with Gasteiger partial charge in [0.2, 0.25) is 0 Å². The van der Waals surface area contributed by atoms with Crippen LogP contribution in [-0.4, -0.2) is 37.2 Å². The van der Waals surface area contributed by atoms with Crippen molar-refractivity contribution in [2.75, 3.05) is 13.2 Å². The lowest BCUT2D eigenvalue weighted by Crippen LogP contribution is -2.30. The van der Waals surface area contributed by atoms with Crippen molar-refractivity contribution in [2.45, 2.75) is 317 Å². The first-order valence-corrected chi connectivity index (χ1v) is 27.8. The lowest BCUT2D eigenvalue weighted by atomic mass is 10.00. The number of unbranched alkanes of at least 4 members (excludes halogenated alkanes) is 34. The predicted molar refractivity (Wildman–Crippen MR) is 266 cm³/mol. The summed E-state index contributed by atoms with van der Waals surface area (Å²) < 4.78 is 16.8. The first kappa shape index (κ1) is 60.4. The second kappa shape index (κ2) is 48.9. The van der Waals surface area contributed by atoms with Gasteiger partial charge in [0.05, 0.1) is 0 Å². The van der Waals surface area contributed by atoms with E-state index in [1.165, 1.54) is 199 Å². The molecule has 0 aromatic heterocycles. The summed E-state index contributed by atoms with van der Waals surface area (Å²) in [6, 6.07) is 0. The summed E-state index contributed by atoms with van der Waals surface area (Å²) in [6.07, 6.45) is 50.9. The standard InChI is InChI=1S/C56H108O6/c1-6-8-9-10-11-12-13-14-15-18-21-24-27-30-36-41-46-54(57)60-49-53(50-61-55(58)47-42-37-33-32-35-40-45-52(5)7-2)62-56(59)48-43-38-31-28-25-22-19-16-17-20-23-26-29-34-39-44-51(3)4/h51-53H,6-50H2,1-5H3/t52?,53-/m1/s1. The maximum absolute atomic E-state index is 12.8. The van der Waals surface area contributed by atoms with Crippen LogP contribution < -0.4 is 0 Å². The number of carbonyl (C=O) groups excluding carboxylic acids is 3. The smallest absolute Gasteiger partial charge is 0.306 e. The van der Waals surface area contributed by atoms with Crippen LogP contribution >= 0.6 is 0 Å². The summed E-state index contributed by atoms with van der Waals surface area (Å²) in [7, 11) is 0. The molecule has 0 amide bonds. The van der Waals surface area contributed by atoms with Gasteiger partial charge in [-0.25, -0.2) is 0 Å². The summed E-state index contributed by atoms with van der Waals surface area (Å²) in [5, 5.41) is 0. The number of hydrogen-bond donors (Lipinski definition) is 0. The number of esters is 3. The Morgan fingerprint density at radius 1 is 0.339 bits per heavy atom. The van der Waals surface area contributed by atoms with Crippen LogP contribution in [0.5, 0.6) is 0 Å². The van der Waals surface area contributed by atoms with Crippen LogP contribution in [-0.2, 0) is 28.6 Å². The number of hydrogen-bond acceptors (Lipinski definition) is 6. The average molecular weight is 877 g/mol. The molecule has 0 rings (SSSR count). The molecule has 0 radical (unpaired) electrons. The first-order chi connectivity index (χ1) is 30.3. The van der Waals surface area contributed by atoms with Gasteiger partial charge in [-0.3, -0.25) is 14.4 Å². The molecule has 0 N–H and O–H groups in total. The van der Waals surface area contributed by atoms with Crippen LogP contribution in [0, 0.1) is 11.8 Å². The van der Waals surface area contributed by atoms with E-state index in [0.717, 1.165) is 69.6 Å². The number of carbonyl (C=O) groups is 3. The molecule has 6 nitrogen and oxygen atoms in total. The Balaban J connectivity index is 4.26. The Hall–Kier alpha value is -1.59. The molecule has 0 aromatic carbocycles. The third kappa shape index (κ3) is 47.9. The Morgan fingerprint density at radius 3 is 0.919 bits per heavy atom. The average Bonchev–Trinajstić information content (AvgIpc) is 3.26. The van der Waals surface area contributed by atoms with E-state index < -0.39 is 6.10 Å². The molecule has 0 saturated heterocycles. The molecule has 368 valence electrons. The Bertz CT molecular complexity index is 949. The van der Waals surface area contributed by atoms with E-state index in [2.05, 4.69) is 34.6 Å². The summed E-state index contributed by atoms with van der Waals surface area (Å²) in [5.74, 6) is 0.816. The van der Waals surface area contributed by atoms with Crippen LogP contribution in [0.4, 0.5) is 0 Å². The van der Waals surface area contributed by atoms with E-state index in [4.69, 9.17) is 14.2 Å². The van der Waals surface area contributed by atoms with Crippen molar-refractivity contribution in [3.05, 3.63) is 0 Å². The van der Waals surface area contributed by atoms with Gasteiger partial charge in [0.15, 0.2) is 6.10 Å². The lowest BCUT2D eigenvalue weighted by Gasteiger charge is -2.18. The van der Waals surface area contributed by atoms with Gasteiger partial charge < -0.3 is 14.2 Å². The fourth-order valence-corrected chi connectivity index (χ4v) is 8.49. The fraction of sp³-hybridized carbons (Fsp3) is 0.946. The van der Waals surface area contributed by atoms with Gasteiger partial charge in [0.25, 0.3) is 0 Å². The monoisotopic (exact) mass is 877 g/mol. The van der Waals surface area contributed by atoms with E-state index in [-0.39, 0.29) is 31.1 Å². The Labute approximate surface area is 387 Å². The van der Waals surface area contributed by atoms with Crippen LogP contribution in [0.15, 0.2) is 0 Å². The van der Waals surface area contributed by atoms with Crippen LogP contribution in [0.3, 0.4) is 0 Å². The van der Waals surface area contributed by atoms with Gasteiger partial charge in [-0.15, -0.1) is 0 Å². The molecule has 0 aromatic rings. The van der Waals surface area contributed by atoms with Crippen molar-refractivity contribution in [1.29, 1.82) is 0 Å². The number of rotatable bonds is 50. The molecule has 0 aliphatic rings. The summed E-state index contributed by atoms with van der Waals surface area (Å²) in [6.45, 7) is 11.4. The van der Waals surface area contributed by atoms with Gasteiger partial charge in [-0.1, -0.05) is 272 Å². The zero-order valence-corrected chi connectivity index (χ0v) is 42.5. The van der Waals surface area contributed by atoms with Crippen molar-refractivity contribution in [3.8, 4) is 0 Å². The highest BCUT2D eigenvalue weighted by Gasteiger charge is 2.19. The van der Waals surface area contributed by atoms with Crippen molar-refractivity contribution >= 4 is 17.9 Å². The molecule has 0 aliphatic carbocycles. The van der Waals surface area contributed by atoms with E-state index in [0.29, 0.717) is 19.3 Å². The van der Waals surface area contributed by atoms with Crippen molar-refractivity contribution < 1.29 is 28.6 Å². The van der Waals surface area contributed by atoms with E-state index in [1.54, 1.807) is 0 Å². The van der Waals surface area contributed by atoms with Crippen LogP contribution in [0.2, 0.25) is 0 Å². The van der Waals surface area contributed by atoms with Gasteiger partial charge in [-0.05, 0) is 31.1 Å². The zero-order valence-electron chi connectivity index (χ0n) is 42.5. The summed E-state index contributed by atoms with van der Waals surface area (Å²) in [4.78, 5) is 38.0. The fourth-order valence-electron chi connectivity index (χ4n) is 8.49. The molecule has 0 fully saturated rings. The SMILES string of the molecule is CCCCCCCCCCCCCCCCCCC(=O)OC[C@H](COC(=O)CCCCCCCCC(C)CC)OC(=O)CCCCCCCCCCCCCCCCCC(C)C. The molecule has 0 aliphatic heterocycles. The highest BCUT2D eigenvalue weighted by molar-refractivity contribution is 5.71. The zero-order chi connectivity index (χ0) is 45.4. The van der Waals surface area contributed by atoms with Crippen molar-refractivity contribution in [1.82, 2.24) is 0 Å². The Kier molecular flexibility index (Phi) is 47.6. The normalized spacial score (nSPS) is 12.5. The number of ether oxygens (including phenoxy) is 3. The minimum Gasteiger partial charge on any atom is -0.462 e. The minimum atomic E-state index is -0.763. The quantitative estimate of drug-likeness (QED) is 0.0344. The second-order valence-corrected chi connectivity index (χ2v) is 19.9. The molecular formula is C56H108O6. The Morgan fingerprint density at radius 2 is 0.613 bits per heavy atom. The predicted octanol–water partition coefficient (Wildman–Crippen LogP) is 18.1. The minimum absolute atomic E-state index is 0.0637. The molecule has 2 atom stereocenters. The van der Waals surface area contributed by atoms with Crippen molar-refractivity contribution in [3.63, 3.8) is 0 Å². The molecule has 0 saturated carbocycles. The molecule has 0 heterocycles. The van der Waals surface area contributed by atoms with Gasteiger partial charge in [0.1, 0.15) is 13.2 Å². The largest absolute Gasteiger partial charge is 0.462 e. The van der Waals surface area contributed by atoms with Crippen molar-refractivity contribution in [2.24, 2.45) is 11.8 Å². The maximum atomic E-state index is 12.8. The van der Waals surface area contributed by atoms with E-state index >= 15 is 0 Å². The molecular weight excluding hydrogens is 769 g/mol. The van der Waals surface area contributed by atoms with Gasteiger partial charge >= 0.3 is 17.9 Å². The van der Waals surface area contributed by atoms with Crippen LogP contribution in [0.1, 0.15) is 311 Å². The summed E-state index contributed by atoms with van der Waals surface area (Å²) in [5.41, 5.74) is 0. The topological polar surface area (TPSA) is 78.9 Å². The van der Waals surface area contributed by atoms with E-state index in [9.17, 15) is 14.4 Å². The molecule has 1 unspecified atom stereocenters. The van der Waals surface area contributed by atoms with Gasteiger partial charge in [0, 0.05) is 19.3 Å². The highest BCUT2D eigenvalue weighted by Crippen LogP contribution is 2.18. The maximum Gasteiger partial charge on any atom is 0.306 e. The molecule has 6 heteroatoms. The van der Waals surface area contributed by atoms with Gasteiger partial charge in [-0.2, -0.15) is 0 Å². The highest BCUT2D eigenvalue weighted by atomic mass is 16.6. The first-order valence-electron chi connectivity index (χ1n) is 27.8. The lowest BCUT2D eigenvalue weighted by molar-refractivity contribution is -0.167. The van der Waals surface area contributed by atoms with Crippen LogP contribution in [0.25, 0.3) is 0 Å². The molecule has 62 heavy (non-hydrogen) atoms. The van der Waals surface area contributed by atoms with E-state index in [1.807, 2.05) is 0 Å². The third-order valence-electron chi connectivity index (χ3n) is 13.1. The molecule has 0 bridgehead atoms. The summed E-state index contributed by atoms with van der Waals surface area (Å²) >= 11 is 0. The second-order valence-electron chi connectivity index (χ2n) is 19.9. The molecule has 0 spiro atoms. The third-order valence-corrected chi connectivity index (χ3v) is 13.1.